The van der Waals surface area contributed by atoms with Gasteiger partial charge in [-0.05, 0) is 42.4 Å². The number of nitrogens with one attached hydrogen (secondary N) is 1. The summed E-state index contributed by atoms with van der Waals surface area (Å²) in [6.07, 6.45) is 1.03. The Labute approximate surface area is 116 Å². The second kappa shape index (κ2) is 6.95. The van der Waals surface area contributed by atoms with Crippen molar-refractivity contribution in [3.05, 3.63) is 29.8 Å². The van der Waals surface area contributed by atoms with E-state index in [0.29, 0.717) is 24.7 Å². The van der Waals surface area contributed by atoms with Gasteiger partial charge in [0.1, 0.15) is 0 Å². The van der Waals surface area contributed by atoms with Crippen LogP contribution in [0.1, 0.15) is 26.1 Å². The minimum atomic E-state index is -0.424. The fraction of sp³-hybridized carbons (Fsp3) is 0.462. The molecule has 0 amide bonds. The van der Waals surface area contributed by atoms with E-state index in [4.69, 9.17) is 4.74 Å². The lowest BCUT2D eigenvalue weighted by atomic mass is 10.3. The highest BCUT2D eigenvalue weighted by Crippen LogP contribution is 2.20. The van der Waals surface area contributed by atoms with Crippen molar-refractivity contribution >= 4 is 0 Å². The Morgan fingerprint density at radius 2 is 2.20 bits per heavy atom. The number of aromatic nitrogens is 4. The number of tetrazole rings is 1. The summed E-state index contributed by atoms with van der Waals surface area (Å²) >= 11 is 0. The number of nitrogens with zero attached hydrogens (tertiary/aromatic N) is 4. The van der Waals surface area contributed by atoms with E-state index in [-0.39, 0.29) is 5.75 Å². The van der Waals surface area contributed by atoms with Crippen LogP contribution in [-0.2, 0) is 6.54 Å². The van der Waals surface area contributed by atoms with Gasteiger partial charge in [0.2, 0.25) is 0 Å². The first-order valence-corrected chi connectivity index (χ1v) is 6.67. The van der Waals surface area contributed by atoms with Gasteiger partial charge in [0.25, 0.3) is 0 Å². The molecule has 2 rings (SSSR count). The molecule has 0 atom stereocenters. The molecule has 1 aromatic carbocycles. The SMILES string of the molecule is CCCNCc1nnnn1-c1ccc(OCC)c(F)c1. The molecule has 1 heterocycles. The van der Waals surface area contributed by atoms with Crippen LogP contribution in [0, 0.1) is 5.82 Å². The van der Waals surface area contributed by atoms with Crippen LogP contribution in [0.4, 0.5) is 4.39 Å². The predicted molar refractivity (Wildman–Crippen MR) is 72.3 cm³/mol. The molecule has 0 unspecified atom stereocenters. The third kappa shape index (κ3) is 3.30. The second-order valence-corrected chi connectivity index (χ2v) is 4.23. The minimum absolute atomic E-state index is 0.231. The molecule has 0 bridgehead atoms. The zero-order chi connectivity index (χ0) is 14.4. The molecular weight excluding hydrogens is 261 g/mol. The molecule has 2 aromatic rings. The van der Waals surface area contributed by atoms with E-state index in [1.54, 1.807) is 12.1 Å². The van der Waals surface area contributed by atoms with Crippen LogP contribution in [0.15, 0.2) is 18.2 Å². The summed E-state index contributed by atoms with van der Waals surface area (Å²) in [5.41, 5.74) is 0.573. The number of hydrogen-bond acceptors (Lipinski definition) is 5. The molecule has 0 saturated carbocycles. The summed E-state index contributed by atoms with van der Waals surface area (Å²) < 4.78 is 20.5. The van der Waals surface area contributed by atoms with E-state index < -0.39 is 5.82 Å². The third-order valence-corrected chi connectivity index (χ3v) is 2.70. The van der Waals surface area contributed by atoms with Gasteiger partial charge in [0, 0.05) is 6.07 Å². The summed E-state index contributed by atoms with van der Waals surface area (Å²) in [4.78, 5) is 0. The van der Waals surface area contributed by atoms with Gasteiger partial charge in [-0.15, -0.1) is 5.10 Å². The molecule has 0 aliphatic heterocycles. The van der Waals surface area contributed by atoms with Crippen molar-refractivity contribution in [2.24, 2.45) is 0 Å². The number of benzene rings is 1. The highest BCUT2D eigenvalue weighted by Gasteiger charge is 2.11. The normalized spacial score (nSPS) is 10.8. The van der Waals surface area contributed by atoms with Gasteiger partial charge >= 0.3 is 0 Å². The lowest BCUT2D eigenvalue weighted by molar-refractivity contribution is 0.321. The van der Waals surface area contributed by atoms with E-state index in [9.17, 15) is 4.39 Å². The number of halogens is 1. The van der Waals surface area contributed by atoms with Crippen LogP contribution >= 0.6 is 0 Å². The van der Waals surface area contributed by atoms with Crippen molar-refractivity contribution in [2.75, 3.05) is 13.2 Å². The average molecular weight is 279 g/mol. The standard InChI is InChI=1S/C13H18FN5O/c1-3-7-15-9-13-16-17-18-19(13)10-5-6-12(20-4-2)11(14)8-10/h5-6,8,15H,3-4,7,9H2,1-2H3. The maximum atomic E-state index is 13.8. The molecule has 0 spiro atoms. The summed E-state index contributed by atoms with van der Waals surface area (Å²) in [5, 5.41) is 14.7. The molecule has 0 saturated heterocycles. The van der Waals surface area contributed by atoms with Crippen molar-refractivity contribution in [1.29, 1.82) is 0 Å². The average Bonchev–Trinajstić information content (AvgIpc) is 2.90. The van der Waals surface area contributed by atoms with Crippen LogP contribution in [0.2, 0.25) is 0 Å². The summed E-state index contributed by atoms with van der Waals surface area (Å²) in [7, 11) is 0. The van der Waals surface area contributed by atoms with Gasteiger partial charge in [0.05, 0.1) is 18.8 Å². The van der Waals surface area contributed by atoms with Crippen LogP contribution in [-0.4, -0.2) is 33.4 Å². The van der Waals surface area contributed by atoms with Gasteiger partial charge in [0.15, 0.2) is 17.4 Å². The fourth-order valence-corrected chi connectivity index (χ4v) is 1.79. The molecule has 108 valence electrons. The molecule has 6 nitrogen and oxygen atoms in total. The Balaban J connectivity index is 2.19. The first-order chi connectivity index (χ1) is 9.76. The largest absolute Gasteiger partial charge is 0.491 e. The summed E-state index contributed by atoms with van der Waals surface area (Å²) in [6, 6.07) is 4.68. The Kier molecular flexibility index (Phi) is 5.00. The third-order valence-electron chi connectivity index (χ3n) is 2.70. The fourth-order valence-electron chi connectivity index (χ4n) is 1.79. The highest BCUT2D eigenvalue weighted by atomic mass is 19.1. The number of ether oxygens (including phenoxy) is 1. The first-order valence-electron chi connectivity index (χ1n) is 6.67. The van der Waals surface area contributed by atoms with Crippen molar-refractivity contribution in [1.82, 2.24) is 25.5 Å². The van der Waals surface area contributed by atoms with Crippen LogP contribution in [0.25, 0.3) is 5.69 Å². The van der Waals surface area contributed by atoms with Gasteiger partial charge in [-0.3, -0.25) is 0 Å². The summed E-state index contributed by atoms with van der Waals surface area (Å²) in [6.45, 7) is 5.73. The van der Waals surface area contributed by atoms with Gasteiger partial charge in [-0.1, -0.05) is 6.92 Å². The van der Waals surface area contributed by atoms with Crippen molar-refractivity contribution in [3.63, 3.8) is 0 Å². The topological polar surface area (TPSA) is 64.9 Å². The van der Waals surface area contributed by atoms with E-state index in [0.717, 1.165) is 13.0 Å². The van der Waals surface area contributed by atoms with Crippen LogP contribution < -0.4 is 10.1 Å². The molecule has 0 radical (unpaired) electrons. The quantitative estimate of drug-likeness (QED) is 0.781. The smallest absolute Gasteiger partial charge is 0.170 e. The van der Waals surface area contributed by atoms with E-state index in [2.05, 4.69) is 27.8 Å². The van der Waals surface area contributed by atoms with Crippen LogP contribution in [0.5, 0.6) is 5.75 Å². The first kappa shape index (κ1) is 14.4. The Hall–Kier alpha value is -2.02. The lowest BCUT2D eigenvalue weighted by Crippen LogP contribution is -2.17. The zero-order valence-electron chi connectivity index (χ0n) is 11.6. The van der Waals surface area contributed by atoms with E-state index >= 15 is 0 Å². The van der Waals surface area contributed by atoms with Crippen molar-refractivity contribution in [3.8, 4) is 11.4 Å². The van der Waals surface area contributed by atoms with Crippen molar-refractivity contribution < 1.29 is 9.13 Å². The lowest BCUT2D eigenvalue weighted by Gasteiger charge is -2.08. The molecule has 0 aliphatic carbocycles. The molecule has 7 heteroatoms. The Morgan fingerprint density at radius 1 is 1.35 bits per heavy atom. The molecule has 20 heavy (non-hydrogen) atoms. The van der Waals surface area contributed by atoms with E-state index in [1.165, 1.54) is 10.7 Å². The number of hydrogen-bond donors (Lipinski definition) is 1. The van der Waals surface area contributed by atoms with Crippen molar-refractivity contribution in [2.45, 2.75) is 26.8 Å². The molecule has 0 aliphatic rings. The highest BCUT2D eigenvalue weighted by molar-refractivity contribution is 5.38. The summed E-state index contributed by atoms with van der Waals surface area (Å²) in [5.74, 6) is 0.448. The second-order valence-electron chi connectivity index (χ2n) is 4.23. The van der Waals surface area contributed by atoms with Crippen LogP contribution in [0.3, 0.4) is 0 Å². The van der Waals surface area contributed by atoms with Gasteiger partial charge in [-0.25, -0.2) is 4.39 Å². The zero-order valence-corrected chi connectivity index (χ0v) is 11.6. The van der Waals surface area contributed by atoms with Gasteiger partial charge in [-0.2, -0.15) is 4.68 Å². The Morgan fingerprint density at radius 3 is 2.90 bits per heavy atom. The number of rotatable bonds is 7. The van der Waals surface area contributed by atoms with Gasteiger partial charge < -0.3 is 10.1 Å². The maximum absolute atomic E-state index is 13.8. The molecule has 1 N–H and O–H groups in total. The molecule has 1 aromatic heterocycles. The monoisotopic (exact) mass is 279 g/mol. The minimum Gasteiger partial charge on any atom is -0.491 e. The molecule has 0 fully saturated rings. The Bertz CT molecular complexity index is 557. The van der Waals surface area contributed by atoms with E-state index in [1.807, 2.05) is 6.92 Å². The molecular formula is C13H18FN5O. The maximum Gasteiger partial charge on any atom is 0.170 e. The predicted octanol–water partition coefficient (Wildman–Crippen LogP) is 1.70.